The minimum Gasteiger partial charge on any atom is -0.464 e. The molecule has 0 radical (unpaired) electrons. The quantitative estimate of drug-likeness (QED) is 0.552. The number of carbonyl (C=O) groups excluding carboxylic acids is 2. The second kappa shape index (κ2) is 12.1. The average Bonchev–Trinajstić information content (AvgIpc) is 2.42. The molecule has 0 spiro atoms. The second-order valence-corrected chi connectivity index (χ2v) is 6.68. The summed E-state index contributed by atoms with van der Waals surface area (Å²) in [7, 11) is 0. The Kier molecular flexibility index (Phi) is 13.0. The van der Waals surface area contributed by atoms with Gasteiger partial charge in [0, 0.05) is 11.7 Å². The summed E-state index contributed by atoms with van der Waals surface area (Å²) < 4.78 is 5.14. The van der Waals surface area contributed by atoms with Crippen molar-refractivity contribution in [2.24, 2.45) is 17.1 Å². The van der Waals surface area contributed by atoms with Gasteiger partial charge in [0.2, 0.25) is 5.91 Å². The van der Waals surface area contributed by atoms with Crippen LogP contribution in [0.15, 0.2) is 0 Å². The number of carbonyl (C=O) groups is 2. The third-order valence-corrected chi connectivity index (χ3v) is 4.06. The number of nitrogens with two attached hydrogens (primary N) is 1. The fourth-order valence-electron chi connectivity index (χ4n) is 0.879. The molecule has 20 heavy (non-hydrogen) atoms. The first kappa shape index (κ1) is 21.6. The van der Waals surface area contributed by atoms with E-state index in [1.54, 1.807) is 11.8 Å². The maximum Gasteiger partial charge on any atom is 0.311 e. The molecule has 1 unspecified atom stereocenters. The zero-order valence-electron chi connectivity index (χ0n) is 13.8. The van der Waals surface area contributed by atoms with Crippen LogP contribution in [0.1, 0.15) is 54.4 Å². The summed E-state index contributed by atoms with van der Waals surface area (Å²) in [6.07, 6.45) is 1.67. The van der Waals surface area contributed by atoms with Crippen molar-refractivity contribution in [3.05, 3.63) is 0 Å². The van der Waals surface area contributed by atoms with Crippen LogP contribution in [0.25, 0.3) is 0 Å². The van der Waals surface area contributed by atoms with Gasteiger partial charge in [-0.05, 0) is 32.4 Å². The highest BCUT2D eigenvalue weighted by molar-refractivity contribution is 7.99. The largest absolute Gasteiger partial charge is 0.464 e. The van der Waals surface area contributed by atoms with Gasteiger partial charge in [-0.2, -0.15) is 11.8 Å². The monoisotopic (exact) mass is 305 g/mol. The molecule has 0 bridgehead atoms. The Balaban J connectivity index is 0. The summed E-state index contributed by atoms with van der Waals surface area (Å²) in [4.78, 5) is 21.6. The molecule has 0 heterocycles. The second-order valence-electron chi connectivity index (χ2n) is 5.28. The van der Waals surface area contributed by atoms with Crippen molar-refractivity contribution < 1.29 is 14.3 Å². The maximum atomic E-state index is 11.4. The molecule has 0 aromatic rings. The van der Waals surface area contributed by atoms with Crippen molar-refractivity contribution in [3.63, 3.8) is 0 Å². The number of thioether (sulfide) groups is 1. The lowest BCUT2D eigenvalue weighted by molar-refractivity contribution is -0.153. The number of rotatable bonds is 8. The van der Waals surface area contributed by atoms with Crippen LogP contribution >= 0.6 is 11.8 Å². The average molecular weight is 305 g/mol. The predicted molar refractivity (Wildman–Crippen MR) is 86.7 cm³/mol. The third kappa shape index (κ3) is 11.1. The molecule has 0 fully saturated rings. The summed E-state index contributed by atoms with van der Waals surface area (Å²) in [5.41, 5.74) is 4.59. The molecule has 0 aromatic heterocycles. The molecule has 0 aliphatic heterocycles. The molecule has 5 heteroatoms. The lowest BCUT2D eigenvalue weighted by Gasteiger charge is -2.20. The molecule has 2 N–H and O–H groups in total. The zero-order valence-corrected chi connectivity index (χ0v) is 14.6. The Morgan fingerprint density at radius 1 is 1.25 bits per heavy atom. The van der Waals surface area contributed by atoms with Crippen molar-refractivity contribution in [1.29, 1.82) is 0 Å². The SMILES string of the molecule is CCC(C)C(N)=O.CCSCCOC(=O)C(C)(C)CC. The molecule has 4 nitrogen and oxygen atoms in total. The predicted octanol–water partition coefficient (Wildman–Crippen LogP) is 3.24. The Morgan fingerprint density at radius 2 is 1.80 bits per heavy atom. The van der Waals surface area contributed by atoms with Crippen molar-refractivity contribution >= 4 is 23.6 Å². The highest BCUT2D eigenvalue weighted by atomic mass is 32.2. The number of amides is 1. The van der Waals surface area contributed by atoms with Gasteiger partial charge in [0.05, 0.1) is 5.41 Å². The number of primary amides is 1. The maximum absolute atomic E-state index is 11.4. The first-order valence-electron chi connectivity index (χ1n) is 7.27. The summed E-state index contributed by atoms with van der Waals surface area (Å²) in [6, 6.07) is 0. The molecule has 120 valence electrons. The number of ether oxygens (including phenoxy) is 1. The Bertz CT molecular complexity index is 280. The molecule has 0 saturated heterocycles. The van der Waals surface area contributed by atoms with Crippen LogP contribution in [0.4, 0.5) is 0 Å². The zero-order chi connectivity index (χ0) is 16.2. The van der Waals surface area contributed by atoms with Gasteiger partial charge in [-0.15, -0.1) is 0 Å². The molecule has 1 atom stereocenters. The molecule has 0 rings (SSSR count). The smallest absolute Gasteiger partial charge is 0.311 e. The van der Waals surface area contributed by atoms with Crippen molar-refractivity contribution in [3.8, 4) is 0 Å². The minimum absolute atomic E-state index is 0.0417. The topological polar surface area (TPSA) is 69.4 Å². The van der Waals surface area contributed by atoms with Crippen LogP contribution < -0.4 is 5.73 Å². The van der Waals surface area contributed by atoms with Gasteiger partial charge in [0.15, 0.2) is 0 Å². The summed E-state index contributed by atoms with van der Waals surface area (Å²) in [5.74, 6) is 1.74. The third-order valence-electron chi connectivity index (χ3n) is 3.20. The van der Waals surface area contributed by atoms with Crippen LogP contribution in [0, 0.1) is 11.3 Å². The molecular weight excluding hydrogens is 274 g/mol. The lowest BCUT2D eigenvalue weighted by Crippen LogP contribution is -2.26. The van der Waals surface area contributed by atoms with Crippen LogP contribution in [-0.2, 0) is 14.3 Å². The van der Waals surface area contributed by atoms with Gasteiger partial charge in [0.25, 0.3) is 0 Å². The summed E-state index contributed by atoms with van der Waals surface area (Å²) >= 11 is 1.79. The molecule has 0 aliphatic carbocycles. The fraction of sp³-hybridized carbons (Fsp3) is 0.867. The van der Waals surface area contributed by atoms with E-state index < -0.39 is 0 Å². The molecule has 0 aromatic carbocycles. The van der Waals surface area contributed by atoms with E-state index in [1.807, 2.05) is 34.6 Å². The molecule has 1 amide bonds. The minimum atomic E-state index is -0.323. The van der Waals surface area contributed by atoms with Crippen LogP contribution in [0.2, 0.25) is 0 Å². The van der Waals surface area contributed by atoms with Gasteiger partial charge in [-0.3, -0.25) is 9.59 Å². The number of hydrogen-bond donors (Lipinski definition) is 1. The standard InChI is InChI=1S/C10H20O2S.C5H11NO/c1-5-10(3,4)9(11)12-7-8-13-6-2;1-3-4(2)5(6)7/h5-8H2,1-4H3;4H,3H2,1-2H3,(H2,6,7). The van der Waals surface area contributed by atoms with E-state index in [2.05, 4.69) is 6.92 Å². The number of esters is 1. The lowest BCUT2D eigenvalue weighted by atomic mass is 9.91. The van der Waals surface area contributed by atoms with Crippen molar-refractivity contribution in [2.75, 3.05) is 18.1 Å². The molecular formula is C15H31NO3S. The first-order valence-corrected chi connectivity index (χ1v) is 8.42. The van der Waals surface area contributed by atoms with Gasteiger partial charge in [0.1, 0.15) is 6.61 Å². The van der Waals surface area contributed by atoms with Crippen molar-refractivity contribution in [1.82, 2.24) is 0 Å². The molecule has 0 aliphatic rings. The fourth-order valence-corrected chi connectivity index (χ4v) is 1.37. The normalized spacial score (nSPS) is 12.1. The Hall–Kier alpha value is -0.710. The number of hydrogen-bond acceptors (Lipinski definition) is 4. The van der Waals surface area contributed by atoms with Gasteiger partial charge >= 0.3 is 5.97 Å². The Morgan fingerprint density at radius 3 is 2.10 bits per heavy atom. The van der Waals surface area contributed by atoms with E-state index in [4.69, 9.17) is 10.5 Å². The van der Waals surface area contributed by atoms with Gasteiger partial charge in [-0.25, -0.2) is 0 Å². The van der Waals surface area contributed by atoms with E-state index in [9.17, 15) is 9.59 Å². The van der Waals surface area contributed by atoms with Crippen LogP contribution in [-0.4, -0.2) is 30.0 Å². The van der Waals surface area contributed by atoms with E-state index in [1.165, 1.54) is 0 Å². The van der Waals surface area contributed by atoms with E-state index in [0.29, 0.717) is 6.61 Å². The van der Waals surface area contributed by atoms with E-state index in [-0.39, 0.29) is 23.2 Å². The van der Waals surface area contributed by atoms with Crippen LogP contribution in [0.5, 0.6) is 0 Å². The Labute approximate surface area is 128 Å². The van der Waals surface area contributed by atoms with Gasteiger partial charge < -0.3 is 10.5 Å². The summed E-state index contributed by atoms with van der Waals surface area (Å²) in [6.45, 7) is 12.2. The summed E-state index contributed by atoms with van der Waals surface area (Å²) in [5, 5.41) is 0. The molecule has 0 saturated carbocycles. The van der Waals surface area contributed by atoms with E-state index >= 15 is 0 Å². The highest BCUT2D eigenvalue weighted by Gasteiger charge is 2.26. The first-order chi connectivity index (χ1) is 9.22. The highest BCUT2D eigenvalue weighted by Crippen LogP contribution is 2.21. The van der Waals surface area contributed by atoms with E-state index in [0.717, 1.165) is 24.3 Å². The van der Waals surface area contributed by atoms with Crippen LogP contribution in [0.3, 0.4) is 0 Å². The van der Waals surface area contributed by atoms with Crippen molar-refractivity contribution in [2.45, 2.75) is 54.4 Å². The van der Waals surface area contributed by atoms with Gasteiger partial charge in [-0.1, -0.05) is 27.7 Å².